The summed E-state index contributed by atoms with van der Waals surface area (Å²) in [6.45, 7) is 0. The van der Waals surface area contributed by atoms with Gasteiger partial charge in [0.15, 0.2) is 0 Å². The van der Waals surface area contributed by atoms with E-state index >= 15 is 0 Å². The Kier molecular flexibility index (Phi) is 6.25. The van der Waals surface area contributed by atoms with Crippen LogP contribution in [-0.4, -0.2) is 0 Å². The highest BCUT2D eigenvalue weighted by Gasteiger charge is 2.21. The zero-order chi connectivity index (χ0) is 26.0. The Morgan fingerprint density at radius 1 is 0.282 bits per heavy atom. The van der Waals surface area contributed by atoms with Crippen molar-refractivity contribution in [2.24, 2.45) is 0 Å². The van der Waals surface area contributed by atoms with Crippen LogP contribution in [0.5, 0.6) is 0 Å². The van der Waals surface area contributed by atoms with E-state index in [1.54, 1.807) is 0 Å². The van der Waals surface area contributed by atoms with E-state index in [0.29, 0.717) is 0 Å². The van der Waals surface area contributed by atoms with Gasteiger partial charge in [-0.1, -0.05) is 158 Å². The van der Waals surface area contributed by atoms with Crippen LogP contribution in [0, 0.1) is 0 Å². The summed E-state index contributed by atoms with van der Waals surface area (Å²) in [4.78, 5) is 0. The summed E-state index contributed by atoms with van der Waals surface area (Å²) in [6.07, 6.45) is 0. The number of hydrogen-bond donors (Lipinski definition) is 0. The minimum absolute atomic E-state index is 0.708. The molecule has 0 atom stereocenters. The molecule has 0 nitrogen and oxygen atoms in total. The second-order valence-corrected chi connectivity index (χ2v) is 12.0. The maximum absolute atomic E-state index is 2.47. The molecule has 1 heteroatoms. The molecule has 0 fully saturated rings. The Hall–Kier alpha value is -4.51. The standard InChI is InChI=1S/C38H27P/c1-5-15-28(16-6-1)37-33-23-13-14-24-34(33)38(29-17-7-2-8-18-29)36-27-32(25-26-35(36)37)39(30-19-9-3-10-20-30)31-21-11-4-12-22-31/h1-27H. The Labute approximate surface area is 231 Å². The first-order chi connectivity index (χ1) is 19.4. The summed E-state index contributed by atoms with van der Waals surface area (Å²) in [5, 5.41) is 9.26. The summed E-state index contributed by atoms with van der Waals surface area (Å²) >= 11 is 0. The molecule has 7 rings (SSSR count). The Morgan fingerprint density at radius 2 is 0.667 bits per heavy atom. The maximum atomic E-state index is 2.47. The van der Waals surface area contributed by atoms with Crippen molar-refractivity contribution in [2.45, 2.75) is 0 Å². The molecule has 0 saturated carbocycles. The predicted octanol–water partition coefficient (Wildman–Crippen LogP) is 9.09. The highest BCUT2D eigenvalue weighted by Crippen LogP contribution is 2.44. The van der Waals surface area contributed by atoms with Crippen LogP contribution in [-0.2, 0) is 0 Å². The fourth-order valence-corrected chi connectivity index (χ4v) is 8.06. The zero-order valence-corrected chi connectivity index (χ0v) is 22.4. The molecule has 0 spiro atoms. The Balaban J connectivity index is 1.60. The molecule has 7 aromatic rings. The number of fused-ring (bicyclic) bond motifs is 2. The van der Waals surface area contributed by atoms with Crippen molar-refractivity contribution in [1.29, 1.82) is 0 Å². The average Bonchev–Trinajstić information content (AvgIpc) is 3.02. The molecule has 184 valence electrons. The molecule has 0 aliphatic heterocycles. The molecule has 0 aliphatic carbocycles. The SMILES string of the molecule is c1ccc(-c2c3ccccc3c(-c3ccccc3)c3cc(P(c4ccccc4)c4ccccc4)ccc23)cc1. The van der Waals surface area contributed by atoms with Crippen LogP contribution in [0.15, 0.2) is 164 Å². The normalized spacial score (nSPS) is 11.3. The Bertz CT molecular complexity index is 1840. The maximum Gasteiger partial charge on any atom is -0.00261 e. The molecule has 0 radical (unpaired) electrons. The number of benzene rings is 7. The van der Waals surface area contributed by atoms with Gasteiger partial charge in [-0.25, -0.2) is 0 Å². The molecular weight excluding hydrogens is 487 g/mol. The van der Waals surface area contributed by atoms with Crippen LogP contribution in [0.25, 0.3) is 43.8 Å². The molecule has 0 unspecified atom stereocenters. The minimum Gasteiger partial charge on any atom is -0.0622 e. The topological polar surface area (TPSA) is 0 Å². The highest BCUT2D eigenvalue weighted by atomic mass is 31.1. The van der Waals surface area contributed by atoms with Gasteiger partial charge in [0.2, 0.25) is 0 Å². The lowest BCUT2D eigenvalue weighted by atomic mass is 9.86. The van der Waals surface area contributed by atoms with Gasteiger partial charge in [-0.15, -0.1) is 0 Å². The van der Waals surface area contributed by atoms with Crippen LogP contribution in [0.1, 0.15) is 0 Å². The summed E-state index contributed by atoms with van der Waals surface area (Å²) in [5.41, 5.74) is 5.11. The van der Waals surface area contributed by atoms with Crippen molar-refractivity contribution in [1.82, 2.24) is 0 Å². The first-order valence-electron chi connectivity index (χ1n) is 13.4. The van der Waals surface area contributed by atoms with Crippen LogP contribution in [0.4, 0.5) is 0 Å². The van der Waals surface area contributed by atoms with E-state index in [2.05, 4.69) is 164 Å². The first-order valence-corrected chi connectivity index (χ1v) is 14.7. The molecule has 0 bridgehead atoms. The van der Waals surface area contributed by atoms with Gasteiger partial charge in [-0.2, -0.15) is 0 Å². The third kappa shape index (κ3) is 4.34. The summed E-state index contributed by atoms with van der Waals surface area (Å²) in [7, 11) is -0.708. The highest BCUT2D eigenvalue weighted by molar-refractivity contribution is 7.79. The summed E-state index contributed by atoms with van der Waals surface area (Å²) in [6, 6.07) is 59.8. The van der Waals surface area contributed by atoms with Crippen LogP contribution < -0.4 is 15.9 Å². The lowest BCUT2D eigenvalue weighted by Gasteiger charge is -2.22. The van der Waals surface area contributed by atoms with Gasteiger partial charge < -0.3 is 0 Å². The fourth-order valence-electron chi connectivity index (χ4n) is 5.74. The van der Waals surface area contributed by atoms with Gasteiger partial charge in [0.05, 0.1) is 0 Å². The third-order valence-electron chi connectivity index (χ3n) is 7.42. The molecule has 0 saturated heterocycles. The van der Waals surface area contributed by atoms with Crippen LogP contribution >= 0.6 is 7.92 Å². The molecule has 0 heterocycles. The summed E-state index contributed by atoms with van der Waals surface area (Å²) < 4.78 is 0. The predicted molar refractivity (Wildman–Crippen MR) is 171 cm³/mol. The largest absolute Gasteiger partial charge is 0.0622 e. The van der Waals surface area contributed by atoms with Crippen molar-refractivity contribution in [3.63, 3.8) is 0 Å². The van der Waals surface area contributed by atoms with Crippen LogP contribution in [0.3, 0.4) is 0 Å². The monoisotopic (exact) mass is 514 g/mol. The summed E-state index contributed by atoms with van der Waals surface area (Å²) in [5.74, 6) is 0. The third-order valence-corrected chi connectivity index (χ3v) is 9.84. The number of rotatable bonds is 5. The van der Waals surface area contributed by atoms with E-state index in [4.69, 9.17) is 0 Å². The van der Waals surface area contributed by atoms with Gasteiger partial charge in [-0.3, -0.25) is 0 Å². The fraction of sp³-hybridized carbons (Fsp3) is 0. The van der Waals surface area contributed by atoms with E-state index in [1.807, 2.05) is 0 Å². The van der Waals surface area contributed by atoms with E-state index in [-0.39, 0.29) is 0 Å². The molecule has 0 aromatic heterocycles. The van der Waals surface area contributed by atoms with E-state index in [9.17, 15) is 0 Å². The molecule has 39 heavy (non-hydrogen) atoms. The van der Waals surface area contributed by atoms with Gasteiger partial charge in [0.25, 0.3) is 0 Å². The quantitative estimate of drug-likeness (QED) is 0.159. The molecule has 0 amide bonds. The lowest BCUT2D eigenvalue weighted by Crippen LogP contribution is -2.20. The minimum atomic E-state index is -0.708. The average molecular weight is 515 g/mol. The van der Waals surface area contributed by atoms with E-state index in [1.165, 1.54) is 59.7 Å². The van der Waals surface area contributed by atoms with Crippen LogP contribution in [0.2, 0.25) is 0 Å². The van der Waals surface area contributed by atoms with Gasteiger partial charge in [-0.05, 0) is 73.7 Å². The molecular formula is C38H27P. The van der Waals surface area contributed by atoms with Gasteiger partial charge in [0.1, 0.15) is 0 Å². The van der Waals surface area contributed by atoms with E-state index in [0.717, 1.165) is 0 Å². The van der Waals surface area contributed by atoms with Gasteiger partial charge in [0, 0.05) is 0 Å². The van der Waals surface area contributed by atoms with Crippen molar-refractivity contribution in [3.05, 3.63) is 164 Å². The molecule has 0 aliphatic rings. The van der Waals surface area contributed by atoms with Gasteiger partial charge >= 0.3 is 0 Å². The first kappa shape index (κ1) is 23.6. The smallest absolute Gasteiger partial charge is 0.00261 e. The van der Waals surface area contributed by atoms with Crippen molar-refractivity contribution >= 4 is 45.4 Å². The molecule has 0 N–H and O–H groups in total. The lowest BCUT2D eigenvalue weighted by molar-refractivity contribution is 1.65. The van der Waals surface area contributed by atoms with Crippen molar-refractivity contribution in [3.8, 4) is 22.3 Å². The Morgan fingerprint density at radius 3 is 1.15 bits per heavy atom. The number of hydrogen-bond acceptors (Lipinski definition) is 0. The van der Waals surface area contributed by atoms with Crippen molar-refractivity contribution in [2.75, 3.05) is 0 Å². The second kappa shape index (κ2) is 10.3. The second-order valence-electron chi connectivity index (χ2n) is 9.76. The van der Waals surface area contributed by atoms with E-state index < -0.39 is 7.92 Å². The molecule has 7 aromatic carbocycles. The van der Waals surface area contributed by atoms with Crippen molar-refractivity contribution < 1.29 is 0 Å². The zero-order valence-electron chi connectivity index (χ0n) is 21.5.